The van der Waals surface area contributed by atoms with Crippen LogP contribution in [0.5, 0.6) is 0 Å². The van der Waals surface area contributed by atoms with Gasteiger partial charge in [-0.1, -0.05) is 121 Å². The fourth-order valence-electron chi connectivity index (χ4n) is 8.37. The molecule has 0 saturated heterocycles. The molecule has 0 spiro atoms. The molecule has 11 aromatic rings. The van der Waals surface area contributed by atoms with Gasteiger partial charge in [0.2, 0.25) is 0 Å². The van der Waals surface area contributed by atoms with Crippen LogP contribution < -0.4 is 5.56 Å². The first kappa shape index (κ1) is 27.3. The predicted molar refractivity (Wildman–Crippen MR) is 210 cm³/mol. The molecule has 50 heavy (non-hydrogen) atoms. The number of rotatable bonds is 3. The molecule has 0 atom stereocenters. The van der Waals surface area contributed by atoms with Gasteiger partial charge in [-0.05, 0) is 81.6 Å². The third-order valence-corrected chi connectivity index (χ3v) is 10.7. The van der Waals surface area contributed by atoms with Gasteiger partial charge < -0.3 is 4.57 Å². The summed E-state index contributed by atoms with van der Waals surface area (Å²) in [6.07, 6.45) is 0. The maximum absolute atomic E-state index is 14.2. The van der Waals surface area contributed by atoms with Gasteiger partial charge in [0.15, 0.2) is 0 Å². The zero-order chi connectivity index (χ0) is 32.9. The van der Waals surface area contributed by atoms with Crippen LogP contribution in [0.3, 0.4) is 0 Å². The van der Waals surface area contributed by atoms with Crippen molar-refractivity contribution in [3.8, 4) is 27.9 Å². The van der Waals surface area contributed by atoms with Crippen molar-refractivity contribution in [3.63, 3.8) is 0 Å². The van der Waals surface area contributed by atoms with Crippen molar-refractivity contribution in [2.24, 2.45) is 0 Å². The molecule has 0 unspecified atom stereocenters. The summed E-state index contributed by atoms with van der Waals surface area (Å²) in [7, 11) is 0. The summed E-state index contributed by atoms with van der Waals surface area (Å²) in [6, 6.07) is 60.2. The van der Waals surface area contributed by atoms with Gasteiger partial charge in [-0.2, -0.15) is 0 Å². The molecule has 0 aliphatic heterocycles. The molecule has 0 fully saturated rings. The molecule has 3 aromatic heterocycles. The molecule has 0 saturated carbocycles. The van der Waals surface area contributed by atoms with Gasteiger partial charge in [-0.15, -0.1) is 0 Å². The summed E-state index contributed by atoms with van der Waals surface area (Å²) in [4.78, 5) is 14.2. The largest absolute Gasteiger partial charge is 0.309 e. The summed E-state index contributed by atoms with van der Waals surface area (Å²) < 4.78 is 4.33. The quantitative estimate of drug-likeness (QED) is 0.177. The van der Waals surface area contributed by atoms with Crippen LogP contribution in [0, 0.1) is 0 Å². The van der Waals surface area contributed by atoms with E-state index in [-0.39, 0.29) is 5.56 Å². The standard InChI is InChI=1S/C47H28N2O/c50-47-38-24-22-31(29-10-2-1-3-11-29)27-40(38)36-15-9-16-37-41-28-33(23-25-45(41)49(47)46(36)37)32-21-20-30-12-8-19-44(39(30)26-32)48-42-17-6-4-13-34(42)35-14-5-7-18-43(35)48/h1-28H. The highest BCUT2D eigenvalue weighted by atomic mass is 16.1. The fourth-order valence-corrected chi connectivity index (χ4v) is 8.37. The molecule has 3 nitrogen and oxygen atoms in total. The third kappa shape index (κ3) is 3.72. The van der Waals surface area contributed by atoms with Crippen molar-refractivity contribution < 1.29 is 0 Å². The van der Waals surface area contributed by atoms with Crippen LogP contribution in [0.4, 0.5) is 0 Å². The lowest BCUT2D eigenvalue weighted by atomic mass is 9.98. The zero-order valence-corrected chi connectivity index (χ0v) is 27.0. The second-order valence-corrected chi connectivity index (χ2v) is 13.3. The second-order valence-electron chi connectivity index (χ2n) is 13.3. The maximum Gasteiger partial charge on any atom is 0.263 e. The summed E-state index contributed by atoms with van der Waals surface area (Å²) in [6.45, 7) is 0. The van der Waals surface area contributed by atoms with Crippen molar-refractivity contribution >= 4 is 70.5 Å². The molecule has 232 valence electrons. The third-order valence-electron chi connectivity index (χ3n) is 10.7. The van der Waals surface area contributed by atoms with E-state index in [9.17, 15) is 4.79 Å². The normalized spacial score (nSPS) is 12.1. The summed E-state index contributed by atoms with van der Waals surface area (Å²) in [5, 5.41) is 9.89. The number of hydrogen-bond acceptors (Lipinski definition) is 1. The van der Waals surface area contributed by atoms with E-state index >= 15 is 0 Å². The molecule has 0 aliphatic carbocycles. The van der Waals surface area contributed by atoms with E-state index in [4.69, 9.17) is 0 Å². The Balaban J connectivity index is 1.14. The van der Waals surface area contributed by atoms with Gasteiger partial charge in [0.25, 0.3) is 5.56 Å². The van der Waals surface area contributed by atoms with Crippen LogP contribution in [0.15, 0.2) is 175 Å². The summed E-state index contributed by atoms with van der Waals surface area (Å²) in [5.74, 6) is 0. The predicted octanol–water partition coefficient (Wildman–Crippen LogP) is 11.8. The highest BCUT2D eigenvalue weighted by Gasteiger charge is 2.19. The van der Waals surface area contributed by atoms with Crippen molar-refractivity contribution in [3.05, 3.63) is 180 Å². The summed E-state index contributed by atoms with van der Waals surface area (Å²) >= 11 is 0. The number of hydrogen-bond donors (Lipinski definition) is 0. The van der Waals surface area contributed by atoms with Crippen LogP contribution in [0.1, 0.15) is 0 Å². The monoisotopic (exact) mass is 636 g/mol. The Morgan fingerprint density at radius 3 is 1.70 bits per heavy atom. The Hall–Kier alpha value is -6.71. The van der Waals surface area contributed by atoms with E-state index in [2.05, 4.69) is 162 Å². The SMILES string of the molecule is O=c1c2ccc(-c3ccccc3)cc2c2cccc3c4cc(-c5ccc6cccc(-n7c8ccccc8c8ccccc87)c6c5)ccc4n1c23. The zero-order valence-electron chi connectivity index (χ0n) is 27.0. The van der Waals surface area contributed by atoms with Crippen LogP contribution in [-0.4, -0.2) is 8.97 Å². The smallest absolute Gasteiger partial charge is 0.263 e. The maximum atomic E-state index is 14.2. The van der Waals surface area contributed by atoms with Gasteiger partial charge in [-0.3, -0.25) is 9.20 Å². The Kier molecular flexibility index (Phi) is 5.53. The number of pyridine rings is 1. The number of para-hydroxylation sites is 3. The lowest BCUT2D eigenvalue weighted by Gasteiger charge is -2.13. The fraction of sp³-hybridized carbons (Fsp3) is 0. The minimum absolute atomic E-state index is 0.0209. The highest BCUT2D eigenvalue weighted by molar-refractivity contribution is 6.21. The van der Waals surface area contributed by atoms with Crippen molar-refractivity contribution in [1.29, 1.82) is 0 Å². The first-order chi connectivity index (χ1) is 24.7. The molecule has 3 heteroatoms. The Labute approximate surface area is 286 Å². The average Bonchev–Trinajstić information content (AvgIpc) is 3.70. The Bertz CT molecular complexity index is 3170. The lowest BCUT2D eigenvalue weighted by molar-refractivity contribution is 1.20. The number of fused-ring (bicyclic) bond motifs is 9. The van der Waals surface area contributed by atoms with Crippen molar-refractivity contribution in [2.75, 3.05) is 0 Å². The van der Waals surface area contributed by atoms with Gasteiger partial charge in [-0.25, -0.2) is 0 Å². The molecular formula is C47H28N2O. The minimum Gasteiger partial charge on any atom is -0.309 e. The minimum atomic E-state index is 0.0209. The van der Waals surface area contributed by atoms with Crippen LogP contribution in [0.2, 0.25) is 0 Å². The molecule has 0 bridgehead atoms. The molecule has 0 N–H and O–H groups in total. The van der Waals surface area contributed by atoms with Gasteiger partial charge in [0.05, 0.1) is 27.8 Å². The van der Waals surface area contributed by atoms with E-state index in [0.29, 0.717) is 0 Å². The van der Waals surface area contributed by atoms with E-state index in [1.807, 2.05) is 16.5 Å². The second kappa shape index (κ2) is 10.1. The Morgan fingerprint density at radius 2 is 0.920 bits per heavy atom. The first-order valence-electron chi connectivity index (χ1n) is 17.1. The van der Waals surface area contributed by atoms with E-state index in [1.54, 1.807) is 0 Å². The Morgan fingerprint density at radius 1 is 0.340 bits per heavy atom. The highest BCUT2D eigenvalue weighted by Crippen LogP contribution is 2.39. The van der Waals surface area contributed by atoms with Crippen LogP contribution in [0.25, 0.3) is 98.5 Å². The molecule has 0 amide bonds. The average molecular weight is 637 g/mol. The molecule has 0 radical (unpaired) electrons. The van der Waals surface area contributed by atoms with E-state index in [1.165, 1.54) is 32.6 Å². The first-order valence-corrected chi connectivity index (χ1v) is 17.1. The molecule has 0 aliphatic rings. The van der Waals surface area contributed by atoms with Crippen molar-refractivity contribution in [1.82, 2.24) is 8.97 Å². The van der Waals surface area contributed by atoms with Gasteiger partial charge in [0.1, 0.15) is 0 Å². The molecule has 11 rings (SSSR count). The lowest BCUT2D eigenvalue weighted by Crippen LogP contribution is -2.12. The van der Waals surface area contributed by atoms with E-state index < -0.39 is 0 Å². The summed E-state index contributed by atoms with van der Waals surface area (Å²) in [5.41, 5.74) is 10.0. The van der Waals surface area contributed by atoms with Crippen LogP contribution >= 0.6 is 0 Å². The topological polar surface area (TPSA) is 26.4 Å². The van der Waals surface area contributed by atoms with Crippen molar-refractivity contribution in [2.45, 2.75) is 0 Å². The molecular weight excluding hydrogens is 609 g/mol. The molecule has 8 aromatic carbocycles. The van der Waals surface area contributed by atoms with Gasteiger partial charge in [0, 0.05) is 37.7 Å². The number of benzene rings is 8. The van der Waals surface area contributed by atoms with E-state index in [0.717, 1.165) is 65.9 Å². The van der Waals surface area contributed by atoms with Crippen LogP contribution in [-0.2, 0) is 0 Å². The van der Waals surface area contributed by atoms with Gasteiger partial charge >= 0.3 is 0 Å². The number of nitrogens with zero attached hydrogens (tertiary/aromatic N) is 2. The molecule has 3 heterocycles. The number of aromatic nitrogens is 2.